The second-order valence-electron chi connectivity index (χ2n) is 6.46. The molecule has 0 saturated carbocycles. The van der Waals surface area contributed by atoms with Crippen LogP contribution in [0.1, 0.15) is 34.1 Å². The Labute approximate surface area is 122 Å². The van der Waals surface area contributed by atoms with E-state index in [1.54, 1.807) is 4.90 Å². The minimum Gasteiger partial charge on any atom is -0.448 e. The average Bonchev–Trinajstić information content (AvgIpc) is 2.43. The van der Waals surface area contributed by atoms with E-state index in [1.807, 2.05) is 13.8 Å². The number of terminal acetylenes is 1. The van der Waals surface area contributed by atoms with Crippen molar-refractivity contribution in [3.8, 4) is 18.4 Å². The van der Waals surface area contributed by atoms with Crippen LogP contribution in [0.3, 0.4) is 0 Å². The maximum atomic E-state index is 12.0. The number of hydrogen-bond donors (Lipinski definition) is 0. The zero-order chi connectivity index (χ0) is 15.3. The predicted octanol–water partition coefficient (Wildman–Crippen LogP) is 2.90. The number of likely N-dealkylation sites (tertiary alicyclic amines) is 1. The van der Waals surface area contributed by atoms with Crippen LogP contribution in [-0.4, -0.2) is 30.7 Å². The molecule has 0 aromatic rings. The van der Waals surface area contributed by atoms with Crippen LogP contribution < -0.4 is 0 Å². The molecule has 1 saturated heterocycles. The molecular weight excluding hydrogens is 252 g/mol. The van der Waals surface area contributed by atoms with Gasteiger partial charge in [-0.3, -0.25) is 0 Å². The molecule has 1 heterocycles. The number of amides is 1. The largest absolute Gasteiger partial charge is 0.448 e. The third kappa shape index (κ3) is 4.17. The molecule has 20 heavy (non-hydrogen) atoms. The molecule has 1 fully saturated rings. The summed E-state index contributed by atoms with van der Waals surface area (Å²) in [5.74, 6) is 3.29. The van der Waals surface area contributed by atoms with Crippen LogP contribution in [0.15, 0.2) is 0 Å². The summed E-state index contributed by atoms with van der Waals surface area (Å²) in [5.41, 5.74) is -0.458. The van der Waals surface area contributed by atoms with E-state index in [9.17, 15) is 10.1 Å². The zero-order valence-corrected chi connectivity index (χ0v) is 12.8. The molecule has 1 aliphatic rings. The first kappa shape index (κ1) is 16.4. The molecule has 1 amide bonds. The highest BCUT2D eigenvalue weighted by Gasteiger charge is 2.34. The molecule has 0 bridgehead atoms. The molecule has 2 atom stereocenters. The first-order chi connectivity index (χ1) is 9.30. The molecule has 110 valence electrons. The number of carbonyl (C=O) groups excluding carboxylic acids is 1. The number of hydrogen-bond acceptors (Lipinski definition) is 3. The van der Waals surface area contributed by atoms with Gasteiger partial charge in [0.1, 0.15) is 6.61 Å². The summed E-state index contributed by atoms with van der Waals surface area (Å²) < 4.78 is 5.26. The molecule has 0 N–H and O–H groups in total. The van der Waals surface area contributed by atoms with Crippen LogP contribution in [0.25, 0.3) is 0 Å². The van der Waals surface area contributed by atoms with Crippen LogP contribution in [0.5, 0.6) is 0 Å². The van der Waals surface area contributed by atoms with E-state index in [0.29, 0.717) is 24.9 Å². The Kier molecular flexibility index (Phi) is 5.45. The topological polar surface area (TPSA) is 53.3 Å². The van der Waals surface area contributed by atoms with Gasteiger partial charge in [0.15, 0.2) is 0 Å². The minimum absolute atomic E-state index is 0.114. The normalized spacial score (nSPS) is 23.1. The summed E-state index contributed by atoms with van der Waals surface area (Å²) in [6, 6.07) is 2.32. The van der Waals surface area contributed by atoms with Gasteiger partial charge in [-0.05, 0) is 32.1 Å². The van der Waals surface area contributed by atoms with Crippen LogP contribution in [-0.2, 0) is 4.74 Å². The van der Waals surface area contributed by atoms with Gasteiger partial charge in [0.25, 0.3) is 0 Å². The minimum atomic E-state index is -0.458. The summed E-state index contributed by atoms with van der Waals surface area (Å²) in [7, 11) is 0. The molecule has 4 nitrogen and oxygen atoms in total. The van der Waals surface area contributed by atoms with E-state index >= 15 is 0 Å². The Hall–Kier alpha value is -1.68. The van der Waals surface area contributed by atoms with Gasteiger partial charge in [0.2, 0.25) is 0 Å². The van der Waals surface area contributed by atoms with Gasteiger partial charge in [-0.1, -0.05) is 19.8 Å². The third-order valence-electron chi connectivity index (χ3n) is 3.89. The summed E-state index contributed by atoms with van der Waals surface area (Å²) in [6.07, 6.45) is 5.85. The van der Waals surface area contributed by atoms with Gasteiger partial charge in [-0.25, -0.2) is 4.79 Å². The molecule has 4 heteroatoms. The first-order valence-corrected chi connectivity index (χ1v) is 7.10. The number of nitriles is 1. The molecule has 0 aliphatic carbocycles. The second kappa shape index (κ2) is 6.66. The fourth-order valence-corrected chi connectivity index (χ4v) is 2.45. The lowest BCUT2D eigenvalue weighted by Crippen LogP contribution is -2.45. The van der Waals surface area contributed by atoms with Crippen LogP contribution in [0.2, 0.25) is 0 Å². The second-order valence-corrected chi connectivity index (χ2v) is 6.46. The van der Waals surface area contributed by atoms with Gasteiger partial charge in [-0.15, -0.1) is 6.42 Å². The van der Waals surface area contributed by atoms with Crippen LogP contribution in [0.4, 0.5) is 4.79 Å². The first-order valence-electron chi connectivity index (χ1n) is 7.10. The lowest BCUT2D eigenvalue weighted by atomic mass is 9.79. The monoisotopic (exact) mass is 276 g/mol. The number of ether oxygens (including phenoxy) is 1. The third-order valence-corrected chi connectivity index (χ3v) is 3.89. The Balaban J connectivity index is 2.56. The van der Waals surface area contributed by atoms with Crippen molar-refractivity contribution in [1.82, 2.24) is 4.90 Å². The van der Waals surface area contributed by atoms with Crippen molar-refractivity contribution >= 4 is 6.09 Å². The quantitative estimate of drug-likeness (QED) is 0.745. The Morgan fingerprint density at radius 2 is 2.20 bits per heavy atom. The van der Waals surface area contributed by atoms with Gasteiger partial charge in [0.05, 0.1) is 17.4 Å². The molecule has 0 radical (unpaired) electrons. The van der Waals surface area contributed by atoms with E-state index in [4.69, 9.17) is 11.2 Å². The van der Waals surface area contributed by atoms with Gasteiger partial charge < -0.3 is 9.64 Å². The number of nitrogens with zero attached hydrogens (tertiary/aromatic N) is 2. The summed E-state index contributed by atoms with van der Waals surface area (Å²) >= 11 is 0. The highest BCUT2D eigenvalue weighted by molar-refractivity contribution is 5.67. The van der Waals surface area contributed by atoms with Crippen molar-refractivity contribution in [1.29, 1.82) is 5.26 Å². The van der Waals surface area contributed by atoms with E-state index < -0.39 is 5.41 Å². The summed E-state index contributed by atoms with van der Waals surface area (Å²) in [4.78, 5) is 13.6. The van der Waals surface area contributed by atoms with Gasteiger partial charge in [0, 0.05) is 13.1 Å². The van der Waals surface area contributed by atoms with Crippen molar-refractivity contribution in [2.24, 2.45) is 23.2 Å². The maximum absolute atomic E-state index is 12.0. The molecule has 0 spiro atoms. The molecule has 2 unspecified atom stereocenters. The Morgan fingerprint density at radius 1 is 1.55 bits per heavy atom. The van der Waals surface area contributed by atoms with E-state index in [0.717, 1.165) is 6.42 Å². The van der Waals surface area contributed by atoms with Crippen molar-refractivity contribution in [2.45, 2.75) is 34.1 Å². The Morgan fingerprint density at radius 3 is 2.70 bits per heavy atom. The van der Waals surface area contributed by atoms with Crippen LogP contribution >= 0.6 is 0 Å². The van der Waals surface area contributed by atoms with Crippen LogP contribution in [0, 0.1) is 46.8 Å². The molecule has 1 aliphatic heterocycles. The van der Waals surface area contributed by atoms with Crippen molar-refractivity contribution in [3.63, 3.8) is 0 Å². The zero-order valence-electron chi connectivity index (χ0n) is 12.8. The summed E-state index contributed by atoms with van der Waals surface area (Å²) in [6.45, 7) is 9.25. The average molecular weight is 276 g/mol. The van der Waals surface area contributed by atoms with Crippen molar-refractivity contribution in [2.75, 3.05) is 19.7 Å². The summed E-state index contributed by atoms with van der Waals surface area (Å²) in [5, 5.41) is 9.25. The van der Waals surface area contributed by atoms with Crippen molar-refractivity contribution < 1.29 is 9.53 Å². The van der Waals surface area contributed by atoms with E-state index in [1.165, 1.54) is 0 Å². The molecule has 0 aromatic heterocycles. The number of rotatable bonds is 3. The number of carbonyl (C=O) groups is 1. The van der Waals surface area contributed by atoms with E-state index in [2.05, 4.69) is 25.8 Å². The highest BCUT2D eigenvalue weighted by Crippen LogP contribution is 2.30. The van der Waals surface area contributed by atoms with E-state index in [-0.39, 0.29) is 18.6 Å². The lowest BCUT2D eigenvalue weighted by molar-refractivity contribution is 0.0564. The molecule has 1 rings (SSSR count). The SMILES string of the molecule is C#CC(C)(C)COC(=O)N1CCC(C(C)C)C(C#N)C1. The lowest BCUT2D eigenvalue weighted by Gasteiger charge is -2.37. The molecular formula is C16H24N2O2. The van der Waals surface area contributed by atoms with Crippen molar-refractivity contribution in [3.05, 3.63) is 0 Å². The van der Waals surface area contributed by atoms with Gasteiger partial charge >= 0.3 is 6.09 Å². The fourth-order valence-electron chi connectivity index (χ4n) is 2.45. The number of piperidine rings is 1. The highest BCUT2D eigenvalue weighted by atomic mass is 16.6. The predicted molar refractivity (Wildman–Crippen MR) is 77.6 cm³/mol. The smallest absolute Gasteiger partial charge is 0.409 e. The fraction of sp³-hybridized carbons (Fsp3) is 0.750. The van der Waals surface area contributed by atoms with Gasteiger partial charge in [-0.2, -0.15) is 5.26 Å². The maximum Gasteiger partial charge on any atom is 0.409 e. The standard InChI is InChI=1S/C16H24N2O2/c1-6-16(4,5)11-20-15(19)18-8-7-14(12(2)3)13(9-17)10-18/h1,12-14H,7-8,10-11H2,2-5H3. The molecule has 0 aromatic carbocycles. The Bertz CT molecular complexity index is 429.